The number of likely N-dealkylation sites (N-methyl/N-ethyl adjacent to an activating group) is 1. The summed E-state index contributed by atoms with van der Waals surface area (Å²) < 4.78 is 23.5. The largest absolute Gasteiger partial charge is 0.344 e. The number of nitrogens with one attached hydrogen (secondary N) is 1. The standard InChI is InChI=1S/C19H24N2O3S/c1-14-10-11-16(25(4,23)24)12-17(14)19(22)20-18(13-21(2)3)15-8-6-5-7-9-15/h5-12,18H,13H2,1-4H3,(H,20,22)/t18-/m1/s1. The molecule has 0 heterocycles. The van der Waals surface area contributed by atoms with E-state index < -0.39 is 9.84 Å². The van der Waals surface area contributed by atoms with Crippen LogP contribution in [0.5, 0.6) is 0 Å². The molecule has 2 aromatic carbocycles. The molecule has 0 aromatic heterocycles. The maximum Gasteiger partial charge on any atom is 0.252 e. The van der Waals surface area contributed by atoms with Crippen LogP contribution in [0.15, 0.2) is 53.4 Å². The number of rotatable bonds is 6. The molecule has 1 amide bonds. The van der Waals surface area contributed by atoms with Crippen LogP contribution < -0.4 is 5.32 Å². The Hall–Kier alpha value is -2.18. The zero-order chi connectivity index (χ0) is 18.6. The van der Waals surface area contributed by atoms with Crippen molar-refractivity contribution in [3.8, 4) is 0 Å². The van der Waals surface area contributed by atoms with Crippen molar-refractivity contribution in [2.75, 3.05) is 26.9 Å². The van der Waals surface area contributed by atoms with E-state index in [4.69, 9.17) is 0 Å². The van der Waals surface area contributed by atoms with Gasteiger partial charge in [0.05, 0.1) is 10.9 Å². The summed E-state index contributed by atoms with van der Waals surface area (Å²) in [5, 5.41) is 3.03. The van der Waals surface area contributed by atoms with Gasteiger partial charge in [0.1, 0.15) is 0 Å². The van der Waals surface area contributed by atoms with Crippen LogP contribution in [-0.4, -0.2) is 46.1 Å². The average molecular weight is 360 g/mol. The second kappa shape index (κ2) is 7.80. The fourth-order valence-corrected chi connectivity index (χ4v) is 3.24. The van der Waals surface area contributed by atoms with Crippen LogP contribution >= 0.6 is 0 Å². The van der Waals surface area contributed by atoms with E-state index >= 15 is 0 Å². The van der Waals surface area contributed by atoms with Crippen molar-refractivity contribution in [2.24, 2.45) is 0 Å². The minimum absolute atomic E-state index is 0.145. The molecule has 0 unspecified atom stereocenters. The summed E-state index contributed by atoms with van der Waals surface area (Å²) in [6, 6.07) is 14.2. The maximum atomic E-state index is 12.8. The second-order valence-electron chi connectivity index (χ2n) is 6.45. The summed E-state index contributed by atoms with van der Waals surface area (Å²) in [5.41, 5.74) is 2.12. The summed E-state index contributed by atoms with van der Waals surface area (Å²) in [7, 11) is 0.521. The molecule has 2 rings (SSSR count). The SMILES string of the molecule is Cc1ccc(S(C)(=O)=O)cc1C(=O)N[C@H](CN(C)C)c1ccccc1. The quantitative estimate of drug-likeness (QED) is 0.859. The Labute approximate surface area is 149 Å². The molecule has 0 aliphatic carbocycles. The van der Waals surface area contributed by atoms with E-state index in [9.17, 15) is 13.2 Å². The first-order valence-electron chi connectivity index (χ1n) is 7.99. The molecule has 2 aromatic rings. The Morgan fingerprint density at radius 1 is 1.12 bits per heavy atom. The molecule has 0 saturated carbocycles. The monoisotopic (exact) mass is 360 g/mol. The van der Waals surface area contributed by atoms with Crippen LogP contribution in [0.3, 0.4) is 0 Å². The van der Waals surface area contributed by atoms with E-state index in [-0.39, 0.29) is 16.8 Å². The molecule has 1 N–H and O–H groups in total. The second-order valence-corrected chi connectivity index (χ2v) is 8.46. The number of aryl methyl sites for hydroxylation is 1. The van der Waals surface area contributed by atoms with E-state index in [1.165, 1.54) is 12.1 Å². The predicted octanol–water partition coefficient (Wildman–Crippen LogP) is 2.43. The van der Waals surface area contributed by atoms with Gasteiger partial charge in [-0.25, -0.2) is 8.42 Å². The Balaban J connectivity index is 2.32. The Morgan fingerprint density at radius 3 is 2.32 bits per heavy atom. The van der Waals surface area contributed by atoms with Gasteiger partial charge in [0, 0.05) is 18.4 Å². The van der Waals surface area contributed by atoms with E-state index in [1.54, 1.807) is 13.0 Å². The smallest absolute Gasteiger partial charge is 0.252 e. The fourth-order valence-electron chi connectivity index (χ4n) is 2.60. The van der Waals surface area contributed by atoms with Crippen molar-refractivity contribution in [1.82, 2.24) is 10.2 Å². The molecule has 0 spiro atoms. The molecule has 0 fully saturated rings. The first-order valence-corrected chi connectivity index (χ1v) is 9.89. The molecule has 134 valence electrons. The van der Waals surface area contributed by atoms with Crippen LogP contribution in [0.25, 0.3) is 0 Å². The number of nitrogens with zero attached hydrogens (tertiary/aromatic N) is 1. The Morgan fingerprint density at radius 2 is 1.76 bits per heavy atom. The molecule has 0 saturated heterocycles. The Kier molecular flexibility index (Phi) is 5.98. The lowest BCUT2D eigenvalue weighted by atomic mass is 10.0. The normalized spacial score (nSPS) is 12.8. The van der Waals surface area contributed by atoms with Gasteiger partial charge in [0.2, 0.25) is 0 Å². The van der Waals surface area contributed by atoms with Gasteiger partial charge < -0.3 is 10.2 Å². The van der Waals surface area contributed by atoms with Crippen LogP contribution in [0.1, 0.15) is 27.5 Å². The highest BCUT2D eigenvalue weighted by atomic mass is 32.2. The van der Waals surface area contributed by atoms with E-state index in [2.05, 4.69) is 5.32 Å². The molecular formula is C19H24N2O3S. The first-order chi connectivity index (χ1) is 11.7. The van der Waals surface area contributed by atoms with Crippen molar-refractivity contribution in [3.05, 3.63) is 65.2 Å². The summed E-state index contributed by atoms with van der Waals surface area (Å²) in [6.07, 6.45) is 1.14. The number of benzene rings is 2. The van der Waals surface area contributed by atoms with Crippen molar-refractivity contribution in [3.63, 3.8) is 0 Å². The molecule has 0 aliphatic heterocycles. The lowest BCUT2D eigenvalue weighted by Gasteiger charge is -2.23. The number of hydrogen-bond acceptors (Lipinski definition) is 4. The van der Waals surface area contributed by atoms with Crippen LogP contribution in [0, 0.1) is 6.92 Å². The molecule has 25 heavy (non-hydrogen) atoms. The first kappa shape index (κ1) is 19.1. The summed E-state index contributed by atoms with van der Waals surface area (Å²) in [6.45, 7) is 2.44. The maximum absolute atomic E-state index is 12.8. The molecule has 0 aliphatic rings. The number of amides is 1. The van der Waals surface area contributed by atoms with Crippen LogP contribution in [0.4, 0.5) is 0 Å². The Bertz CT molecular complexity index is 846. The van der Waals surface area contributed by atoms with Gasteiger partial charge in [-0.05, 0) is 44.3 Å². The third kappa shape index (κ3) is 5.14. The van der Waals surface area contributed by atoms with Gasteiger partial charge in [-0.15, -0.1) is 0 Å². The molecule has 1 atom stereocenters. The lowest BCUT2D eigenvalue weighted by Crippen LogP contribution is -2.35. The summed E-state index contributed by atoms with van der Waals surface area (Å²) in [4.78, 5) is 14.9. The van der Waals surface area contributed by atoms with Crippen molar-refractivity contribution in [2.45, 2.75) is 17.9 Å². The average Bonchev–Trinajstić information content (AvgIpc) is 2.53. The van der Waals surface area contributed by atoms with E-state index in [0.29, 0.717) is 12.1 Å². The highest BCUT2D eigenvalue weighted by molar-refractivity contribution is 7.90. The number of sulfone groups is 1. The number of carbonyl (C=O) groups excluding carboxylic acids is 1. The third-order valence-corrected chi connectivity index (χ3v) is 5.05. The van der Waals surface area contributed by atoms with Gasteiger partial charge in [-0.1, -0.05) is 36.4 Å². The topological polar surface area (TPSA) is 66.5 Å². The third-order valence-electron chi connectivity index (χ3n) is 3.94. The highest BCUT2D eigenvalue weighted by Gasteiger charge is 2.19. The minimum atomic E-state index is -3.36. The van der Waals surface area contributed by atoms with Gasteiger partial charge in [-0.3, -0.25) is 4.79 Å². The van der Waals surface area contributed by atoms with Crippen LogP contribution in [-0.2, 0) is 9.84 Å². The zero-order valence-corrected chi connectivity index (χ0v) is 15.8. The van der Waals surface area contributed by atoms with Crippen molar-refractivity contribution < 1.29 is 13.2 Å². The van der Waals surface area contributed by atoms with E-state index in [0.717, 1.165) is 17.4 Å². The van der Waals surface area contributed by atoms with Gasteiger partial charge >= 0.3 is 0 Å². The number of carbonyl (C=O) groups is 1. The molecular weight excluding hydrogens is 336 g/mol. The van der Waals surface area contributed by atoms with Crippen LogP contribution in [0.2, 0.25) is 0 Å². The predicted molar refractivity (Wildman–Crippen MR) is 99.5 cm³/mol. The zero-order valence-electron chi connectivity index (χ0n) is 15.0. The van der Waals surface area contributed by atoms with E-state index in [1.807, 2.05) is 49.3 Å². The summed E-state index contributed by atoms with van der Waals surface area (Å²) in [5.74, 6) is -0.279. The highest BCUT2D eigenvalue weighted by Crippen LogP contribution is 2.18. The fraction of sp³-hybridized carbons (Fsp3) is 0.316. The van der Waals surface area contributed by atoms with Gasteiger partial charge in [0.25, 0.3) is 5.91 Å². The minimum Gasteiger partial charge on any atom is -0.344 e. The number of hydrogen-bond donors (Lipinski definition) is 1. The van der Waals surface area contributed by atoms with Gasteiger partial charge in [0.15, 0.2) is 9.84 Å². The molecule has 6 heteroatoms. The molecule has 0 bridgehead atoms. The molecule has 0 radical (unpaired) electrons. The van der Waals surface area contributed by atoms with Gasteiger partial charge in [-0.2, -0.15) is 0 Å². The summed E-state index contributed by atoms with van der Waals surface area (Å²) >= 11 is 0. The van der Waals surface area contributed by atoms with Crippen molar-refractivity contribution in [1.29, 1.82) is 0 Å². The van der Waals surface area contributed by atoms with Crippen molar-refractivity contribution >= 4 is 15.7 Å². The molecule has 5 nitrogen and oxygen atoms in total. The lowest BCUT2D eigenvalue weighted by molar-refractivity contribution is 0.0929.